The van der Waals surface area contributed by atoms with Crippen LogP contribution in [0.25, 0.3) is 21.7 Å². The largest absolute Gasteiger partial charge is 0.469 e. The number of fused-ring (bicyclic) bond motifs is 3. The minimum absolute atomic E-state index is 0.0267. The third-order valence-electron chi connectivity index (χ3n) is 5.10. The number of amides is 1. The van der Waals surface area contributed by atoms with Crippen molar-refractivity contribution in [3.8, 4) is 0 Å². The maximum atomic E-state index is 12.9. The maximum Gasteiger partial charge on any atom is 0.307 e. The van der Waals surface area contributed by atoms with Crippen molar-refractivity contribution in [2.45, 2.75) is 18.9 Å². The summed E-state index contributed by atoms with van der Waals surface area (Å²) in [6.45, 7) is 0. The molecule has 1 N–H and O–H groups in total. The number of hydrogen-bond acceptors (Lipinski definition) is 4. The van der Waals surface area contributed by atoms with E-state index in [1.165, 1.54) is 7.11 Å². The van der Waals surface area contributed by atoms with Gasteiger partial charge in [-0.1, -0.05) is 54.1 Å². The molecule has 1 amide bonds. The Labute approximate surface area is 178 Å². The lowest BCUT2D eigenvalue weighted by molar-refractivity contribution is -0.141. The van der Waals surface area contributed by atoms with Crippen LogP contribution in [0.2, 0.25) is 5.02 Å². The quantitative estimate of drug-likeness (QED) is 0.434. The van der Waals surface area contributed by atoms with Crippen LogP contribution in [-0.2, 0) is 20.7 Å². The van der Waals surface area contributed by atoms with E-state index in [2.05, 4.69) is 5.32 Å². The van der Waals surface area contributed by atoms with E-state index in [4.69, 9.17) is 20.8 Å². The highest BCUT2D eigenvalue weighted by Gasteiger charge is 2.20. The maximum absolute atomic E-state index is 12.9. The average molecular weight is 422 g/mol. The number of ether oxygens (including phenoxy) is 1. The van der Waals surface area contributed by atoms with E-state index in [0.717, 1.165) is 32.9 Å². The second-order valence-corrected chi connectivity index (χ2v) is 7.49. The summed E-state index contributed by atoms with van der Waals surface area (Å²) in [5.41, 5.74) is 2.31. The molecule has 152 valence electrons. The van der Waals surface area contributed by atoms with Gasteiger partial charge in [-0.15, -0.1) is 0 Å². The second kappa shape index (κ2) is 8.59. The second-order valence-electron chi connectivity index (χ2n) is 7.05. The lowest BCUT2D eigenvalue weighted by Crippen LogP contribution is -2.31. The highest BCUT2D eigenvalue weighted by Crippen LogP contribution is 2.30. The van der Waals surface area contributed by atoms with Crippen molar-refractivity contribution in [2.24, 2.45) is 0 Å². The summed E-state index contributed by atoms with van der Waals surface area (Å²) >= 11 is 5.96. The zero-order chi connectivity index (χ0) is 21.1. The van der Waals surface area contributed by atoms with Gasteiger partial charge in [0.05, 0.1) is 32.3 Å². The van der Waals surface area contributed by atoms with Gasteiger partial charge in [-0.2, -0.15) is 0 Å². The van der Waals surface area contributed by atoms with Crippen molar-refractivity contribution in [3.63, 3.8) is 0 Å². The average Bonchev–Trinajstić information content (AvgIpc) is 3.17. The van der Waals surface area contributed by atoms with E-state index >= 15 is 0 Å². The predicted octanol–water partition coefficient (Wildman–Crippen LogP) is 5.20. The monoisotopic (exact) mass is 421 g/mol. The topological polar surface area (TPSA) is 68.5 Å². The Bertz CT molecular complexity index is 1210. The molecule has 0 aliphatic rings. The molecule has 30 heavy (non-hydrogen) atoms. The first-order valence-corrected chi connectivity index (χ1v) is 9.92. The van der Waals surface area contributed by atoms with Crippen molar-refractivity contribution in [3.05, 3.63) is 83.1 Å². The summed E-state index contributed by atoms with van der Waals surface area (Å²) in [6, 6.07) is 18.4. The molecule has 6 heteroatoms. The fourth-order valence-corrected chi connectivity index (χ4v) is 3.75. The van der Waals surface area contributed by atoms with E-state index in [9.17, 15) is 9.59 Å². The number of nitrogens with one attached hydrogen (secondary N) is 1. The van der Waals surface area contributed by atoms with Gasteiger partial charge in [0.2, 0.25) is 5.91 Å². The molecule has 0 bridgehead atoms. The molecule has 1 atom stereocenters. The van der Waals surface area contributed by atoms with Crippen LogP contribution < -0.4 is 5.32 Å². The first kappa shape index (κ1) is 20.0. The van der Waals surface area contributed by atoms with Crippen LogP contribution in [-0.4, -0.2) is 19.0 Å². The molecule has 0 spiro atoms. The Morgan fingerprint density at radius 2 is 1.83 bits per heavy atom. The first-order chi connectivity index (χ1) is 14.5. The van der Waals surface area contributed by atoms with Gasteiger partial charge in [-0.25, -0.2) is 0 Å². The van der Waals surface area contributed by atoms with Gasteiger partial charge in [-0.3, -0.25) is 9.59 Å². The summed E-state index contributed by atoms with van der Waals surface area (Å²) < 4.78 is 10.5. The summed E-state index contributed by atoms with van der Waals surface area (Å²) in [5, 5.41) is 6.58. The number of benzene rings is 3. The Hall–Kier alpha value is -3.31. The fourth-order valence-electron chi connectivity index (χ4n) is 3.62. The first-order valence-electron chi connectivity index (χ1n) is 9.54. The van der Waals surface area contributed by atoms with E-state index in [-0.39, 0.29) is 18.7 Å². The van der Waals surface area contributed by atoms with Gasteiger partial charge in [0.15, 0.2) is 0 Å². The van der Waals surface area contributed by atoms with E-state index in [0.29, 0.717) is 5.02 Å². The molecule has 1 aromatic heterocycles. The van der Waals surface area contributed by atoms with Crippen LogP contribution in [0.3, 0.4) is 0 Å². The Balaban J connectivity index is 1.60. The summed E-state index contributed by atoms with van der Waals surface area (Å²) in [4.78, 5) is 24.7. The molecule has 0 aliphatic carbocycles. The minimum atomic E-state index is -0.517. The number of halogens is 1. The third-order valence-corrected chi connectivity index (χ3v) is 5.35. The molecule has 0 fully saturated rings. The number of rotatable bonds is 6. The summed E-state index contributed by atoms with van der Waals surface area (Å²) in [7, 11) is 1.33. The van der Waals surface area contributed by atoms with E-state index in [1.807, 2.05) is 36.4 Å². The van der Waals surface area contributed by atoms with Crippen molar-refractivity contribution in [1.82, 2.24) is 5.32 Å². The molecule has 1 heterocycles. The molecule has 4 rings (SSSR count). The van der Waals surface area contributed by atoms with Gasteiger partial charge in [0.1, 0.15) is 5.58 Å². The molecule has 0 saturated carbocycles. The molecule has 0 radical (unpaired) electrons. The standard InChI is InChI=1S/C24H20ClNO4/c1-29-23(28)13-20(16-6-9-18(25)10-7-16)26-22(27)12-17-14-30-21-11-8-15-4-2-3-5-19(15)24(17)21/h2-11,14,20H,12-13H2,1H3,(H,26,27). The zero-order valence-corrected chi connectivity index (χ0v) is 17.1. The van der Waals surface area contributed by atoms with Gasteiger partial charge < -0.3 is 14.5 Å². The fraction of sp³-hybridized carbons (Fsp3) is 0.167. The zero-order valence-electron chi connectivity index (χ0n) is 16.4. The van der Waals surface area contributed by atoms with Gasteiger partial charge in [0, 0.05) is 16.0 Å². The number of carbonyl (C=O) groups is 2. The smallest absolute Gasteiger partial charge is 0.307 e. The van der Waals surface area contributed by atoms with Crippen LogP contribution in [0.1, 0.15) is 23.6 Å². The minimum Gasteiger partial charge on any atom is -0.469 e. The van der Waals surface area contributed by atoms with Crippen molar-refractivity contribution >= 4 is 45.2 Å². The highest BCUT2D eigenvalue weighted by molar-refractivity contribution is 6.30. The lowest BCUT2D eigenvalue weighted by Gasteiger charge is -2.18. The van der Waals surface area contributed by atoms with Crippen LogP contribution >= 0.6 is 11.6 Å². The summed E-state index contributed by atoms with van der Waals surface area (Å²) in [5.74, 6) is -0.621. The predicted molar refractivity (Wildman–Crippen MR) is 116 cm³/mol. The number of methoxy groups -OCH3 is 1. The van der Waals surface area contributed by atoms with Crippen LogP contribution in [0.4, 0.5) is 0 Å². The van der Waals surface area contributed by atoms with Crippen molar-refractivity contribution < 1.29 is 18.7 Å². The van der Waals surface area contributed by atoms with Crippen LogP contribution in [0.15, 0.2) is 71.3 Å². The van der Waals surface area contributed by atoms with Crippen LogP contribution in [0.5, 0.6) is 0 Å². The number of esters is 1. The highest BCUT2D eigenvalue weighted by atomic mass is 35.5. The molecule has 1 unspecified atom stereocenters. The SMILES string of the molecule is COC(=O)CC(NC(=O)Cc1coc2ccc3ccccc3c12)c1ccc(Cl)cc1. The number of hydrogen-bond donors (Lipinski definition) is 1. The number of carbonyl (C=O) groups excluding carboxylic acids is 2. The normalized spacial score (nSPS) is 12.1. The molecule has 3 aromatic carbocycles. The molecule has 4 aromatic rings. The summed E-state index contributed by atoms with van der Waals surface area (Å²) in [6.07, 6.45) is 1.78. The van der Waals surface area contributed by atoms with Crippen LogP contribution in [0, 0.1) is 0 Å². The van der Waals surface area contributed by atoms with Gasteiger partial charge in [0.25, 0.3) is 0 Å². The van der Waals surface area contributed by atoms with Crippen molar-refractivity contribution in [1.29, 1.82) is 0 Å². The molecule has 0 saturated heterocycles. The Kier molecular flexibility index (Phi) is 5.72. The molecular formula is C24H20ClNO4. The Morgan fingerprint density at radius 1 is 1.07 bits per heavy atom. The van der Waals surface area contributed by atoms with Gasteiger partial charge in [-0.05, 0) is 34.5 Å². The van der Waals surface area contributed by atoms with Crippen molar-refractivity contribution in [2.75, 3.05) is 7.11 Å². The van der Waals surface area contributed by atoms with Gasteiger partial charge >= 0.3 is 5.97 Å². The number of furan rings is 1. The molecule has 5 nitrogen and oxygen atoms in total. The van der Waals surface area contributed by atoms with E-state index in [1.54, 1.807) is 30.5 Å². The molecule has 0 aliphatic heterocycles. The molecular weight excluding hydrogens is 402 g/mol. The van der Waals surface area contributed by atoms with E-state index < -0.39 is 12.0 Å². The lowest BCUT2D eigenvalue weighted by atomic mass is 10.0. The Morgan fingerprint density at radius 3 is 2.60 bits per heavy atom. The third kappa shape index (κ3) is 4.16.